The van der Waals surface area contributed by atoms with Gasteiger partial charge in [0.1, 0.15) is 5.76 Å². The van der Waals surface area contributed by atoms with Crippen LogP contribution in [0.2, 0.25) is 0 Å². The average Bonchev–Trinajstić information content (AvgIpc) is 3.14. The van der Waals surface area contributed by atoms with Crippen molar-refractivity contribution in [2.24, 2.45) is 0 Å². The van der Waals surface area contributed by atoms with Gasteiger partial charge in [-0.3, -0.25) is 9.59 Å². The molecule has 0 saturated heterocycles. The lowest BCUT2D eigenvalue weighted by atomic mass is 10.1. The Morgan fingerprint density at radius 2 is 1.93 bits per heavy atom. The van der Waals surface area contributed by atoms with Gasteiger partial charge in [-0.15, -0.1) is 0 Å². The van der Waals surface area contributed by atoms with Crippen LogP contribution < -0.4 is 10.9 Å². The van der Waals surface area contributed by atoms with Gasteiger partial charge in [0.15, 0.2) is 0 Å². The predicted octanol–water partition coefficient (Wildman–Crippen LogP) is 3.44. The normalized spacial score (nSPS) is 11.4. The maximum atomic E-state index is 12.8. The van der Waals surface area contributed by atoms with Gasteiger partial charge in [-0.25, -0.2) is 0 Å². The van der Waals surface area contributed by atoms with E-state index in [1.54, 1.807) is 30.3 Å². The molecule has 3 aromatic rings. The van der Waals surface area contributed by atoms with E-state index in [-0.39, 0.29) is 19.0 Å². The molecule has 0 aliphatic carbocycles. The summed E-state index contributed by atoms with van der Waals surface area (Å²) < 4.78 is 44.6. The van der Waals surface area contributed by atoms with Crippen molar-refractivity contribution in [3.8, 4) is 0 Å². The third kappa shape index (κ3) is 4.66. The molecule has 2 aromatic heterocycles. The Labute approximate surface area is 152 Å². The van der Waals surface area contributed by atoms with Crippen LogP contribution in [0.3, 0.4) is 0 Å². The van der Waals surface area contributed by atoms with E-state index >= 15 is 0 Å². The first kappa shape index (κ1) is 18.5. The molecule has 1 N–H and O–H groups in total. The van der Waals surface area contributed by atoms with Crippen molar-refractivity contribution in [3.05, 3.63) is 93.8 Å². The highest BCUT2D eigenvalue weighted by Gasteiger charge is 2.31. The van der Waals surface area contributed by atoms with Crippen molar-refractivity contribution >= 4 is 5.91 Å². The van der Waals surface area contributed by atoms with Crippen LogP contribution in [0.5, 0.6) is 0 Å². The molecule has 1 aromatic carbocycles. The third-order valence-corrected chi connectivity index (χ3v) is 3.86. The molecule has 0 aliphatic rings. The number of halogens is 3. The number of furan rings is 1. The molecule has 8 heteroatoms. The van der Waals surface area contributed by atoms with Gasteiger partial charge in [-0.2, -0.15) is 13.2 Å². The number of alkyl halides is 3. The summed E-state index contributed by atoms with van der Waals surface area (Å²) in [7, 11) is 0. The summed E-state index contributed by atoms with van der Waals surface area (Å²) in [6.07, 6.45) is -2.27. The first-order valence-corrected chi connectivity index (χ1v) is 8.00. The highest BCUT2D eigenvalue weighted by molar-refractivity contribution is 5.94. The molecule has 0 radical (unpaired) electrons. The molecule has 5 nitrogen and oxygen atoms in total. The largest absolute Gasteiger partial charge is 0.467 e. The molecule has 140 valence electrons. The molecule has 27 heavy (non-hydrogen) atoms. The van der Waals surface area contributed by atoms with Gasteiger partial charge in [-0.05, 0) is 35.9 Å². The minimum Gasteiger partial charge on any atom is -0.467 e. The number of benzene rings is 1. The maximum absolute atomic E-state index is 12.8. The van der Waals surface area contributed by atoms with Crippen LogP contribution in [-0.2, 0) is 19.3 Å². The van der Waals surface area contributed by atoms with E-state index in [0.717, 1.165) is 22.9 Å². The van der Waals surface area contributed by atoms with Crippen LogP contribution in [0.15, 0.2) is 70.2 Å². The Kier molecular flexibility index (Phi) is 5.16. The molecular weight excluding hydrogens is 361 g/mol. The van der Waals surface area contributed by atoms with E-state index in [1.807, 2.05) is 0 Å². The molecule has 1 amide bonds. The topological polar surface area (TPSA) is 64.2 Å². The van der Waals surface area contributed by atoms with Gasteiger partial charge in [0, 0.05) is 17.8 Å². The van der Waals surface area contributed by atoms with Gasteiger partial charge in [0.05, 0.1) is 24.9 Å². The predicted molar refractivity (Wildman–Crippen MR) is 91.1 cm³/mol. The Bertz CT molecular complexity index is 992. The van der Waals surface area contributed by atoms with Gasteiger partial charge in [0.25, 0.3) is 11.5 Å². The summed E-state index contributed by atoms with van der Waals surface area (Å²) in [5.74, 6) is 0.236. The second-order valence-corrected chi connectivity index (χ2v) is 5.84. The van der Waals surface area contributed by atoms with Gasteiger partial charge in [-0.1, -0.05) is 12.1 Å². The number of aromatic nitrogens is 1. The lowest BCUT2D eigenvalue weighted by molar-refractivity contribution is -0.138. The van der Waals surface area contributed by atoms with E-state index in [4.69, 9.17) is 4.42 Å². The minimum atomic E-state index is -4.54. The van der Waals surface area contributed by atoms with Gasteiger partial charge >= 0.3 is 6.18 Å². The molecular formula is C19H15F3N2O3. The van der Waals surface area contributed by atoms with Crippen molar-refractivity contribution < 1.29 is 22.4 Å². The Hall–Kier alpha value is -3.29. The molecule has 0 aliphatic heterocycles. The summed E-state index contributed by atoms with van der Waals surface area (Å²) in [5, 5.41) is 2.68. The second-order valence-electron chi connectivity index (χ2n) is 5.84. The zero-order valence-corrected chi connectivity index (χ0v) is 14.0. The summed E-state index contributed by atoms with van der Waals surface area (Å²) in [6.45, 7) is 0.130. The number of hydrogen-bond donors (Lipinski definition) is 1. The number of hydrogen-bond acceptors (Lipinski definition) is 3. The summed E-state index contributed by atoms with van der Waals surface area (Å²) >= 11 is 0. The van der Waals surface area contributed by atoms with Crippen LogP contribution in [-0.4, -0.2) is 10.5 Å². The Morgan fingerprint density at radius 3 is 2.63 bits per heavy atom. The molecule has 3 rings (SSSR count). The lowest BCUT2D eigenvalue weighted by Crippen LogP contribution is -2.23. The smallest absolute Gasteiger partial charge is 0.417 e. The van der Waals surface area contributed by atoms with Crippen molar-refractivity contribution in [2.75, 3.05) is 0 Å². The SMILES string of the molecule is O=C(NCc1ccco1)c1cccc(Cn2cc(C(F)(F)F)ccc2=O)c1. The van der Waals surface area contributed by atoms with E-state index in [1.165, 1.54) is 12.3 Å². The second kappa shape index (κ2) is 7.53. The number of nitrogens with one attached hydrogen (secondary N) is 1. The van der Waals surface area contributed by atoms with Crippen LogP contribution in [0.1, 0.15) is 27.2 Å². The van der Waals surface area contributed by atoms with Gasteiger partial charge < -0.3 is 14.3 Å². The fraction of sp³-hybridized carbons (Fsp3) is 0.158. The minimum absolute atomic E-state index is 0.0813. The number of pyridine rings is 1. The Morgan fingerprint density at radius 1 is 1.11 bits per heavy atom. The molecule has 2 heterocycles. The highest BCUT2D eigenvalue weighted by atomic mass is 19.4. The monoisotopic (exact) mass is 376 g/mol. The number of amides is 1. The fourth-order valence-corrected chi connectivity index (χ4v) is 2.51. The summed E-state index contributed by atoms with van der Waals surface area (Å²) in [4.78, 5) is 24.1. The third-order valence-electron chi connectivity index (χ3n) is 3.86. The number of carbonyl (C=O) groups is 1. The van der Waals surface area contributed by atoms with E-state index in [2.05, 4.69) is 5.32 Å². The molecule has 0 fully saturated rings. The van der Waals surface area contributed by atoms with E-state index in [0.29, 0.717) is 16.9 Å². The lowest BCUT2D eigenvalue weighted by Gasteiger charge is -2.11. The number of rotatable bonds is 5. The van der Waals surface area contributed by atoms with Crippen LogP contribution in [0.4, 0.5) is 13.2 Å². The highest BCUT2D eigenvalue weighted by Crippen LogP contribution is 2.28. The molecule has 0 unspecified atom stereocenters. The zero-order chi connectivity index (χ0) is 19.4. The van der Waals surface area contributed by atoms with Crippen LogP contribution >= 0.6 is 0 Å². The van der Waals surface area contributed by atoms with Crippen LogP contribution in [0.25, 0.3) is 0 Å². The van der Waals surface area contributed by atoms with E-state index < -0.39 is 17.3 Å². The first-order valence-electron chi connectivity index (χ1n) is 8.00. The van der Waals surface area contributed by atoms with Crippen molar-refractivity contribution in [1.82, 2.24) is 9.88 Å². The Balaban J connectivity index is 1.76. The standard InChI is InChI=1S/C19H15F3N2O3/c20-19(21,22)15-6-7-17(25)24(12-15)11-13-3-1-4-14(9-13)18(26)23-10-16-5-2-8-27-16/h1-9,12H,10-11H2,(H,23,26). The molecule has 0 bridgehead atoms. The molecule has 0 spiro atoms. The van der Waals surface area contributed by atoms with Crippen molar-refractivity contribution in [2.45, 2.75) is 19.3 Å². The maximum Gasteiger partial charge on any atom is 0.417 e. The first-order chi connectivity index (χ1) is 12.8. The average molecular weight is 376 g/mol. The van der Waals surface area contributed by atoms with Crippen molar-refractivity contribution in [1.29, 1.82) is 0 Å². The van der Waals surface area contributed by atoms with E-state index in [9.17, 15) is 22.8 Å². The zero-order valence-electron chi connectivity index (χ0n) is 14.0. The van der Waals surface area contributed by atoms with Crippen LogP contribution in [0, 0.1) is 0 Å². The quantitative estimate of drug-likeness (QED) is 0.742. The fourth-order valence-electron chi connectivity index (χ4n) is 2.51. The number of carbonyl (C=O) groups excluding carboxylic acids is 1. The molecule has 0 saturated carbocycles. The molecule has 0 atom stereocenters. The summed E-state index contributed by atoms with van der Waals surface area (Å²) in [6, 6.07) is 11.4. The summed E-state index contributed by atoms with van der Waals surface area (Å²) in [5.41, 5.74) is -0.605. The van der Waals surface area contributed by atoms with Gasteiger partial charge in [0.2, 0.25) is 0 Å². The number of nitrogens with zero attached hydrogens (tertiary/aromatic N) is 1. The van der Waals surface area contributed by atoms with Crippen molar-refractivity contribution in [3.63, 3.8) is 0 Å².